The van der Waals surface area contributed by atoms with Gasteiger partial charge in [-0.1, -0.05) is 19.8 Å². The fraction of sp³-hybridized carbons (Fsp3) is 0.692. The number of thiophene rings is 1. The number of hydrogen-bond donors (Lipinski definition) is 1. The maximum atomic E-state index is 3.69. The molecule has 2 heterocycles. The summed E-state index contributed by atoms with van der Waals surface area (Å²) in [5, 5.41) is 5.63. The largest absolute Gasteiger partial charge is 0.314 e. The average Bonchev–Trinajstić information content (AvgIpc) is 2.78. The summed E-state index contributed by atoms with van der Waals surface area (Å²) in [6, 6.07) is 2.80. The molecular weight excluding hydrogens is 296 g/mol. The number of nitrogens with zero attached hydrogens (tertiary/aromatic N) is 1. The number of rotatable bonds is 5. The lowest BCUT2D eigenvalue weighted by atomic mass is 10.1. The van der Waals surface area contributed by atoms with Crippen LogP contribution >= 0.6 is 27.3 Å². The molecular formula is C13H21BrN2S. The van der Waals surface area contributed by atoms with Crippen molar-refractivity contribution in [3.63, 3.8) is 0 Å². The van der Waals surface area contributed by atoms with Gasteiger partial charge in [0.05, 0.1) is 0 Å². The predicted octanol–water partition coefficient (Wildman–Crippen LogP) is 3.65. The van der Waals surface area contributed by atoms with Crippen LogP contribution in [-0.4, -0.2) is 31.1 Å². The molecule has 2 rings (SSSR count). The maximum Gasteiger partial charge on any atom is 0.0453 e. The number of unbranched alkanes of at least 4 members (excludes halogenated alkanes) is 1. The second-order valence-corrected chi connectivity index (χ2v) is 6.38. The van der Waals surface area contributed by atoms with E-state index in [9.17, 15) is 0 Å². The van der Waals surface area contributed by atoms with Gasteiger partial charge >= 0.3 is 0 Å². The van der Waals surface area contributed by atoms with Crippen LogP contribution in [0.5, 0.6) is 0 Å². The van der Waals surface area contributed by atoms with E-state index in [1.807, 2.05) is 11.3 Å². The molecule has 0 saturated carbocycles. The lowest BCUT2D eigenvalue weighted by Gasteiger charge is -2.34. The monoisotopic (exact) mass is 316 g/mol. The van der Waals surface area contributed by atoms with Crippen LogP contribution in [0.2, 0.25) is 0 Å². The fourth-order valence-electron chi connectivity index (χ4n) is 2.41. The Bertz CT molecular complexity index is 334. The normalized spacial score (nSPS) is 19.4. The van der Waals surface area contributed by atoms with E-state index >= 15 is 0 Å². The van der Waals surface area contributed by atoms with Gasteiger partial charge in [-0.25, -0.2) is 0 Å². The Kier molecular flexibility index (Phi) is 5.48. The van der Waals surface area contributed by atoms with Crippen LogP contribution in [0.25, 0.3) is 0 Å². The molecule has 1 saturated heterocycles. The quantitative estimate of drug-likeness (QED) is 0.892. The van der Waals surface area contributed by atoms with Gasteiger partial charge in [0.2, 0.25) is 0 Å². The van der Waals surface area contributed by atoms with E-state index < -0.39 is 0 Å². The molecule has 1 atom stereocenters. The zero-order chi connectivity index (χ0) is 12.1. The number of piperazine rings is 1. The Morgan fingerprint density at radius 2 is 2.24 bits per heavy atom. The Hall–Kier alpha value is 0.1000. The lowest BCUT2D eigenvalue weighted by molar-refractivity contribution is 0.165. The fourth-order valence-corrected chi connectivity index (χ4v) is 4.22. The topological polar surface area (TPSA) is 15.3 Å². The second-order valence-electron chi connectivity index (χ2n) is 4.58. The average molecular weight is 317 g/mol. The van der Waals surface area contributed by atoms with E-state index in [-0.39, 0.29) is 0 Å². The highest BCUT2D eigenvalue weighted by molar-refractivity contribution is 9.10. The van der Waals surface area contributed by atoms with Crippen LogP contribution in [0.3, 0.4) is 0 Å². The molecule has 0 unspecified atom stereocenters. The highest BCUT2D eigenvalue weighted by atomic mass is 79.9. The third kappa shape index (κ3) is 3.53. The number of nitrogens with one attached hydrogen (secondary N) is 1. The minimum atomic E-state index is 0.617. The van der Waals surface area contributed by atoms with Crippen LogP contribution in [0, 0.1) is 0 Å². The Morgan fingerprint density at radius 3 is 2.82 bits per heavy atom. The highest BCUT2D eigenvalue weighted by Gasteiger charge is 2.24. The Balaban J connectivity index is 2.09. The van der Waals surface area contributed by atoms with Gasteiger partial charge in [-0.2, -0.15) is 0 Å². The van der Waals surface area contributed by atoms with E-state index in [0.29, 0.717) is 6.04 Å². The van der Waals surface area contributed by atoms with Crippen molar-refractivity contribution in [1.29, 1.82) is 0 Å². The smallest absolute Gasteiger partial charge is 0.0453 e. The SMILES string of the molecule is CCCC[C@H](c1sccc1Br)N1CCNCC1. The molecule has 17 heavy (non-hydrogen) atoms. The molecule has 0 aliphatic carbocycles. The standard InChI is InChI=1S/C13H21BrN2S/c1-2-3-4-12(13-11(14)5-10-17-13)16-8-6-15-7-9-16/h5,10,12,15H,2-4,6-9H2,1H3/t12-/m1/s1. The zero-order valence-corrected chi connectivity index (χ0v) is 12.8. The molecule has 0 spiro atoms. The van der Waals surface area contributed by atoms with Crippen LogP contribution in [0.15, 0.2) is 15.9 Å². The minimum Gasteiger partial charge on any atom is -0.314 e. The summed E-state index contributed by atoms with van der Waals surface area (Å²) in [4.78, 5) is 4.16. The molecule has 1 aliphatic heterocycles. The molecule has 0 amide bonds. The predicted molar refractivity (Wildman–Crippen MR) is 78.7 cm³/mol. The summed E-state index contributed by atoms with van der Waals surface area (Å²) in [6.07, 6.45) is 3.89. The van der Waals surface area contributed by atoms with E-state index in [1.54, 1.807) is 0 Å². The molecule has 1 aromatic rings. The molecule has 1 fully saturated rings. The van der Waals surface area contributed by atoms with Crippen molar-refractivity contribution in [2.75, 3.05) is 26.2 Å². The van der Waals surface area contributed by atoms with Crippen LogP contribution in [-0.2, 0) is 0 Å². The van der Waals surface area contributed by atoms with E-state index in [4.69, 9.17) is 0 Å². The van der Waals surface area contributed by atoms with Crippen molar-refractivity contribution in [2.45, 2.75) is 32.2 Å². The summed E-state index contributed by atoms with van der Waals surface area (Å²) in [6.45, 7) is 6.90. The Labute approximate surface area is 117 Å². The van der Waals surface area contributed by atoms with Crippen molar-refractivity contribution < 1.29 is 0 Å². The molecule has 0 bridgehead atoms. The third-order valence-corrected chi connectivity index (χ3v) is 5.34. The summed E-state index contributed by atoms with van der Waals surface area (Å²) < 4.78 is 1.29. The van der Waals surface area contributed by atoms with Crippen molar-refractivity contribution in [3.8, 4) is 0 Å². The van der Waals surface area contributed by atoms with Gasteiger partial charge in [-0.05, 0) is 33.8 Å². The second kappa shape index (κ2) is 6.88. The molecule has 2 nitrogen and oxygen atoms in total. The van der Waals surface area contributed by atoms with Crippen molar-refractivity contribution in [2.24, 2.45) is 0 Å². The van der Waals surface area contributed by atoms with Gasteiger partial charge in [-0.3, -0.25) is 4.90 Å². The van der Waals surface area contributed by atoms with Gasteiger partial charge in [-0.15, -0.1) is 11.3 Å². The highest BCUT2D eigenvalue weighted by Crippen LogP contribution is 2.35. The summed E-state index contributed by atoms with van der Waals surface area (Å²) in [5.74, 6) is 0. The van der Waals surface area contributed by atoms with Crippen molar-refractivity contribution in [3.05, 3.63) is 20.8 Å². The summed E-state index contributed by atoms with van der Waals surface area (Å²) in [7, 11) is 0. The third-order valence-electron chi connectivity index (χ3n) is 3.37. The first kappa shape index (κ1) is 13.5. The van der Waals surface area contributed by atoms with Crippen LogP contribution in [0.1, 0.15) is 37.1 Å². The van der Waals surface area contributed by atoms with Crippen molar-refractivity contribution in [1.82, 2.24) is 10.2 Å². The summed E-state index contributed by atoms with van der Waals surface area (Å²) in [5.41, 5.74) is 0. The molecule has 4 heteroatoms. The van der Waals surface area contributed by atoms with E-state index in [1.165, 1.54) is 41.7 Å². The zero-order valence-electron chi connectivity index (χ0n) is 10.4. The molecule has 1 aromatic heterocycles. The summed E-state index contributed by atoms with van der Waals surface area (Å²) >= 11 is 5.59. The van der Waals surface area contributed by atoms with Gasteiger partial charge in [0, 0.05) is 41.6 Å². The lowest BCUT2D eigenvalue weighted by Crippen LogP contribution is -2.45. The molecule has 1 N–H and O–H groups in total. The maximum absolute atomic E-state index is 3.69. The van der Waals surface area contributed by atoms with E-state index in [2.05, 4.69) is 44.5 Å². The van der Waals surface area contributed by atoms with Crippen LogP contribution < -0.4 is 5.32 Å². The van der Waals surface area contributed by atoms with Crippen molar-refractivity contribution >= 4 is 27.3 Å². The number of hydrogen-bond acceptors (Lipinski definition) is 3. The molecule has 96 valence electrons. The number of halogens is 1. The Morgan fingerprint density at radius 1 is 1.47 bits per heavy atom. The van der Waals surface area contributed by atoms with Gasteiger partial charge in [0.15, 0.2) is 0 Å². The van der Waals surface area contributed by atoms with Crippen LogP contribution in [0.4, 0.5) is 0 Å². The minimum absolute atomic E-state index is 0.617. The molecule has 1 aliphatic rings. The van der Waals surface area contributed by atoms with Gasteiger partial charge in [0.1, 0.15) is 0 Å². The first-order chi connectivity index (χ1) is 8.33. The van der Waals surface area contributed by atoms with E-state index in [0.717, 1.165) is 13.1 Å². The first-order valence-corrected chi connectivity index (χ1v) is 8.18. The molecule has 0 radical (unpaired) electrons. The first-order valence-electron chi connectivity index (χ1n) is 6.50. The van der Waals surface area contributed by atoms with Gasteiger partial charge < -0.3 is 5.32 Å². The van der Waals surface area contributed by atoms with Gasteiger partial charge in [0.25, 0.3) is 0 Å². The molecule has 0 aromatic carbocycles.